The number of hydrogen-bond donors (Lipinski definition) is 6. The monoisotopic (exact) mass is 326 g/mol. The summed E-state index contributed by atoms with van der Waals surface area (Å²) < 4.78 is 0. The van der Waals surface area contributed by atoms with Gasteiger partial charge in [-0.1, -0.05) is 32.1 Å². The average Bonchev–Trinajstić information content (AvgIpc) is 2.43. The number of aliphatic imine (C=N–C) groups is 4. The summed E-state index contributed by atoms with van der Waals surface area (Å²) in [6, 6.07) is 0. The number of nitrogens with two attached hydrogens (primary N) is 6. The van der Waals surface area contributed by atoms with E-state index in [1.807, 2.05) is 0 Å². The molecule has 0 radical (unpaired) electrons. The molecule has 0 saturated carbocycles. The largest absolute Gasteiger partial charge is 0.370 e. The van der Waals surface area contributed by atoms with Gasteiger partial charge in [-0.2, -0.15) is 9.98 Å². The Morgan fingerprint density at radius 2 is 0.783 bits per heavy atom. The molecule has 0 aromatic rings. The Morgan fingerprint density at radius 1 is 0.478 bits per heavy atom. The standard InChI is InChI=1S/C13H30N10/c14-10(15)22-12(18)20-8-6-4-2-1-3-5-7-9-21-13(19)23-11(16)17/h1-9H2,(H6,14,15,18,20,22)(H6,16,17,19,21,23). The first-order valence-electron chi connectivity index (χ1n) is 7.71. The van der Waals surface area contributed by atoms with E-state index in [2.05, 4.69) is 20.0 Å². The molecule has 0 bridgehead atoms. The molecule has 0 aromatic heterocycles. The quantitative estimate of drug-likeness (QED) is 0.166. The van der Waals surface area contributed by atoms with Crippen LogP contribution in [0.15, 0.2) is 20.0 Å². The van der Waals surface area contributed by atoms with E-state index in [0.29, 0.717) is 13.1 Å². The molecular formula is C13H30N10. The van der Waals surface area contributed by atoms with E-state index in [4.69, 9.17) is 34.4 Å². The van der Waals surface area contributed by atoms with Crippen molar-refractivity contribution < 1.29 is 0 Å². The van der Waals surface area contributed by atoms with Crippen LogP contribution in [0, 0.1) is 0 Å². The summed E-state index contributed by atoms with van der Waals surface area (Å²) in [5, 5.41) is 0. The maximum atomic E-state index is 5.49. The maximum Gasteiger partial charge on any atom is 0.218 e. The van der Waals surface area contributed by atoms with Crippen LogP contribution in [0.4, 0.5) is 0 Å². The molecule has 12 N–H and O–H groups in total. The SMILES string of the molecule is NC(N)=NC(N)=NCCCCCCCCCN=C(N)N=C(N)N. The molecular weight excluding hydrogens is 296 g/mol. The normalized spacial score (nSPS) is 12.0. The van der Waals surface area contributed by atoms with Crippen molar-refractivity contribution in [2.24, 2.45) is 54.4 Å². The summed E-state index contributed by atoms with van der Waals surface area (Å²) >= 11 is 0. The second kappa shape index (κ2) is 13.2. The van der Waals surface area contributed by atoms with E-state index in [1.54, 1.807) is 0 Å². The molecule has 10 heteroatoms. The van der Waals surface area contributed by atoms with Crippen molar-refractivity contribution in [2.75, 3.05) is 13.1 Å². The van der Waals surface area contributed by atoms with Gasteiger partial charge in [0.15, 0.2) is 11.9 Å². The van der Waals surface area contributed by atoms with Crippen molar-refractivity contribution >= 4 is 23.8 Å². The first-order valence-corrected chi connectivity index (χ1v) is 7.71. The minimum Gasteiger partial charge on any atom is -0.370 e. The van der Waals surface area contributed by atoms with Crippen molar-refractivity contribution in [1.82, 2.24) is 0 Å². The Kier molecular flexibility index (Phi) is 11.7. The number of unbranched alkanes of at least 4 members (excludes halogenated alkanes) is 6. The van der Waals surface area contributed by atoms with Gasteiger partial charge in [0, 0.05) is 13.1 Å². The number of nitrogens with zero attached hydrogens (tertiary/aromatic N) is 4. The van der Waals surface area contributed by atoms with Gasteiger partial charge >= 0.3 is 0 Å². The lowest BCUT2D eigenvalue weighted by molar-refractivity contribution is 0.585. The summed E-state index contributed by atoms with van der Waals surface area (Å²) in [5.74, 6) is 0.113. The lowest BCUT2D eigenvalue weighted by Crippen LogP contribution is -2.26. The van der Waals surface area contributed by atoms with Crippen molar-refractivity contribution in [3.63, 3.8) is 0 Å². The van der Waals surface area contributed by atoms with Crippen LogP contribution in [0.1, 0.15) is 44.9 Å². The van der Waals surface area contributed by atoms with E-state index in [-0.39, 0.29) is 23.8 Å². The highest BCUT2D eigenvalue weighted by Gasteiger charge is 1.94. The highest BCUT2D eigenvalue weighted by atomic mass is 15.1. The van der Waals surface area contributed by atoms with Crippen molar-refractivity contribution in [1.29, 1.82) is 0 Å². The average molecular weight is 326 g/mol. The zero-order chi connectivity index (χ0) is 17.5. The van der Waals surface area contributed by atoms with E-state index >= 15 is 0 Å². The second-order valence-electron chi connectivity index (χ2n) is 5.03. The molecule has 0 unspecified atom stereocenters. The molecule has 0 atom stereocenters. The first kappa shape index (κ1) is 20.5. The highest BCUT2D eigenvalue weighted by Crippen LogP contribution is 2.07. The molecule has 0 aromatic carbocycles. The summed E-state index contributed by atoms with van der Waals surface area (Å²) in [4.78, 5) is 15.4. The van der Waals surface area contributed by atoms with E-state index in [1.165, 1.54) is 6.42 Å². The molecule has 23 heavy (non-hydrogen) atoms. The van der Waals surface area contributed by atoms with Gasteiger partial charge in [-0.25, -0.2) is 0 Å². The van der Waals surface area contributed by atoms with Gasteiger partial charge in [-0.15, -0.1) is 0 Å². The maximum absolute atomic E-state index is 5.49. The van der Waals surface area contributed by atoms with Crippen molar-refractivity contribution in [2.45, 2.75) is 44.9 Å². The smallest absolute Gasteiger partial charge is 0.218 e. The van der Waals surface area contributed by atoms with Crippen LogP contribution < -0.4 is 34.4 Å². The van der Waals surface area contributed by atoms with Crippen molar-refractivity contribution in [3.05, 3.63) is 0 Å². The Labute approximate surface area is 137 Å². The molecule has 0 rings (SSSR count). The molecule has 10 nitrogen and oxygen atoms in total. The Balaban J connectivity index is 3.48. The predicted octanol–water partition coefficient (Wildman–Crippen LogP) is -1.11. The fourth-order valence-corrected chi connectivity index (χ4v) is 1.83. The fraction of sp³-hybridized carbons (Fsp3) is 0.692. The molecule has 132 valence electrons. The fourth-order valence-electron chi connectivity index (χ4n) is 1.83. The van der Waals surface area contributed by atoms with Gasteiger partial charge in [0.2, 0.25) is 11.9 Å². The Bertz CT molecular complexity index is 390. The Hall–Kier alpha value is -2.52. The van der Waals surface area contributed by atoms with E-state index in [0.717, 1.165) is 38.5 Å². The van der Waals surface area contributed by atoms with Gasteiger partial charge in [-0.3, -0.25) is 9.98 Å². The molecule has 0 heterocycles. The van der Waals surface area contributed by atoms with Crippen LogP contribution >= 0.6 is 0 Å². The van der Waals surface area contributed by atoms with Crippen LogP contribution in [0.3, 0.4) is 0 Å². The minimum atomic E-state index is -0.0735. The van der Waals surface area contributed by atoms with Gasteiger partial charge < -0.3 is 34.4 Å². The third kappa shape index (κ3) is 15.7. The van der Waals surface area contributed by atoms with Crippen LogP contribution in [0.5, 0.6) is 0 Å². The topological polar surface area (TPSA) is 206 Å². The third-order valence-electron chi connectivity index (χ3n) is 2.85. The minimum absolute atomic E-state index is 0.0735. The molecule has 0 saturated heterocycles. The number of hydrogen-bond acceptors (Lipinski definition) is 2. The van der Waals surface area contributed by atoms with Crippen LogP contribution in [0.25, 0.3) is 0 Å². The highest BCUT2D eigenvalue weighted by molar-refractivity contribution is 5.92. The Morgan fingerprint density at radius 3 is 1.09 bits per heavy atom. The summed E-state index contributed by atoms with van der Waals surface area (Å²) in [6.45, 7) is 1.28. The van der Waals surface area contributed by atoms with Gasteiger partial charge in [-0.05, 0) is 12.8 Å². The molecule has 0 fully saturated rings. The molecule has 0 aliphatic carbocycles. The lowest BCUT2D eigenvalue weighted by atomic mass is 10.1. The van der Waals surface area contributed by atoms with Gasteiger partial charge in [0.25, 0.3) is 0 Å². The van der Waals surface area contributed by atoms with Crippen LogP contribution in [0.2, 0.25) is 0 Å². The summed E-state index contributed by atoms with van der Waals surface area (Å²) in [6.07, 6.45) is 7.66. The zero-order valence-electron chi connectivity index (χ0n) is 13.6. The predicted molar refractivity (Wildman–Crippen MR) is 96.9 cm³/mol. The van der Waals surface area contributed by atoms with Gasteiger partial charge in [0.1, 0.15) is 0 Å². The third-order valence-corrected chi connectivity index (χ3v) is 2.85. The van der Waals surface area contributed by atoms with Crippen LogP contribution in [-0.2, 0) is 0 Å². The summed E-state index contributed by atoms with van der Waals surface area (Å²) in [7, 11) is 0. The van der Waals surface area contributed by atoms with Gasteiger partial charge in [0.05, 0.1) is 0 Å². The van der Waals surface area contributed by atoms with E-state index < -0.39 is 0 Å². The molecule has 0 amide bonds. The zero-order valence-corrected chi connectivity index (χ0v) is 13.6. The lowest BCUT2D eigenvalue weighted by Gasteiger charge is -2.01. The second-order valence-corrected chi connectivity index (χ2v) is 5.03. The van der Waals surface area contributed by atoms with Crippen LogP contribution in [-0.4, -0.2) is 36.9 Å². The molecule has 0 aliphatic rings. The first-order chi connectivity index (χ1) is 10.9. The summed E-state index contributed by atoms with van der Waals surface area (Å²) in [5.41, 5.74) is 31.7. The number of rotatable bonds is 10. The van der Waals surface area contributed by atoms with Crippen molar-refractivity contribution in [3.8, 4) is 0 Å². The van der Waals surface area contributed by atoms with E-state index in [9.17, 15) is 0 Å². The molecule has 0 aliphatic heterocycles. The number of guanidine groups is 4. The molecule has 0 spiro atoms.